The van der Waals surface area contributed by atoms with Gasteiger partial charge in [0.25, 0.3) is 0 Å². The lowest BCUT2D eigenvalue weighted by Crippen LogP contribution is -2.43. The molecule has 2 amide bonds. The number of nitrogens with zero attached hydrogens (tertiary/aromatic N) is 1. The summed E-state index contributed by atoms with van der Waals surface area (Å²) in [6, 6.07) is 22.0. The first-order valence-electron chi connectivity index (χ1n) is 10.5. The van der Waals surface area contributed by atoms with Crippen LogP contribution in [0, 0.1) is 13.8 Å². The number of anilines is 1. The average molecular weight is 430 g/mol. The minimum atomic E-state index is -0.184. The number of hydrogen-bond acceptors (Lipinski definition) is 1. The maximum atomic E-state index is 13.5. The molecule has 31 heavy (non-hydrogen) atoms. The zero-order valence-corrected chi connectivity index (χ0v) is 18.3. The van der Waals surface area contributed by atoms with Gasteiger partial charge in [-0.3, -0.25) is 0 Å². The highest BCUT2D eigenvalue weighted by Gasteiger charge is 2.34. The Morgan fingerprint density at radius 3 is 2.65 bits per heavy atom. The lowest BCUT2D eigenvalue weighted by Gasteiger charge is -2.36. The molecule has 5 rings (SSSR count). The quantitative estimate of drug-likeness (QED) is 0.369. The second kappa shape index (κ2) is 7.78. The predicted octanol–water partition coefficient (Wildman–Crippen LogP) is 6.62. The van der Waals surface area contributed by atoms with Gasteiger partial charge in [-0.15, -0.1) is 0 Å². The molecule has 0 saturated carbocycles. The minimum Gasteiger partial charge on any atom is -0.356 e. The fourth-order valence-corrected chi connectivity index (χ4v) is 4.64. The summed E-state index contributed by atoms with van der Waals surface area (Å²) in [5.41, 5.74) is 7.50. The third-order valence-electron chi connectivity index (χ3n) is 6.13. The molecule has 0 saturated heterocycles. The molecule has 4 aromatic rings. The van der Waals surface area contributed by atoms with Gasteiger partial charge in [-0.05, 0) is 55.2 Å². The van der Waals surface area contributed by atoms with Gasteiger partial charge in [-0.25, -0.2) is 4.79 Å². The Labute approximate surface area is 186 Å². The predicted molar refractivity (Wildman–Crippen MR) is 127 cm³/mol. The first kappa shape index (κ1) is 19.7. The van der Waals surface area contributed by atoms with Crippen molar-refractivity contribution >= 4 is 34.2 Å². The molecule has 1 aliphatic heterocycles. The van der Waals surface area contributed by atoms with Crippen LogP contribution in [0.3, 0.4) is 0 Å². The third kappa shape index (κ3) is 3.57. The van der Waals surface area contributed by atoms with E-state index in [0.29, 0.717) is 11.6 Å². The van der Waals surface area contributed by atoms with E-state index >= 15 is 0 Å². The van der Waals surface area contributed by atoms with Crippen LogP contribution in [0.2, 0.25) is 5.02 Å². The number of amides is 2. The van der Waals surface area contributed by atoms with Crippen molar-refractivity contribution in [2.24, 2.45) is 0 Å². The number of carbonyl (C=O) groups is 1. The molecule has 0 aliphatic carbocycles. The van der Waals surface area contributed by atoms with Gasteiger partial charge in [0.05, 0.1) is 6.04 Å². The van der Waals surface area contributed by atoms with Crippen molar-refractivity contribution in [1.82, 2.24) is 9.88 Å². The van der Waals surface area contributed by atoms with Crippen LogP contribution in [-0.4, -0.2) is 22.5 Å². The molecular weight excluding hydrogens is 406 g/mol. The Kier molecular flexibility index (Phi) is 4.95. The van der Waals surface area contributed by atoms with Crippen LogP contribution in [0.5, 0.6) is 0 Å². The molecule has 1 aromatic heterocycles. The van der Waals surface area contributed by atoms with Gasteiger partial charge < -0.3 is 15.2 Å². The number of aromatic nitrogens is 1. The maximum Gasteiger partial charge on any atom is 0.322 e. The number of nitrogens with one attached hydrogen (secondary N) is 2. The van der Waals surface area contributed by atoms with Gasteiger partial charge in [-0.2, -0.15) is 0 Å². The number of halogens is 1. The summed E-state index contributed by atoms with van der Waals surface area (Å²) < 4.78 is 0. The molecule has 1 aliphatic rings. The summed E-state index contributed by atoms with van der Waals surface area (Å²) in [7, 11) is 0. The monoisotopic (exact) mass is 429 g/mol. The zero-order valence-electron chi connectivity index (χ0n) is 17.6. The smallest absolute Gasteiger partial charge is 0.322 e. The highest BCUT2D eigenvalue weighted by atomic mass is 35.5. The summed E-state index contributed by atoms with van der Waals surface area (Å²) in [4.78, 5) is 19.0. The number of aromatic amines is 1. The van der Waals surface area contributed by atoms with Crippen molar-refractivity contribution in [2.75, 3.05) is 11.9 Å². The first-order valence-corrected chi connectivity index (χ1v) is 10.9. The van der Waals surface area contributed by atoms with Crippen molar-refractivity contribution < 1.29 is 4.79 Å². The number of urea groups is 1. The molecule has 0 spiro atoms. The van der Waals surface area contributed by atoms with E-state index in [1.54, 1.807) is 6.07 Å². The van der Waals surface area contributed by atoms with Crippen LogP contribution in [0.15, 0.2) is 66.7 Å². The van der Waals surface area contributed by atoms with E-state index in [2.05, 4.69) is 59.7 Å². The fourth-order valence-electron chi connectivity index (χ4n) is 4.47. The second-order valence-corrected chi connectivity index (χ2v) is 8.65. The molecule has 2 N–H and O–H groups in total. The lowest BCUT2D eigenvalue weighted by molar-refractivity contribution is 0.193. The topological polar surface area (TPSA) is 48.1 Å². The number of aryl methyl sites for hydroxylation is 2. The van der Waals surface area contributed by atoms with Crippen LogP contribution < -0.4 is 5.32 Å². The van der Waals surface area contributed by atoms with Gasteiger partial charge >= 0.3 is 6.03 Å². The number of fused-ring (bicyclic) bond motifs is 3. The SMILES string of the molecule is Cc1ccc([C@H]2c3[nH]c4ccccc4c3CCN2C(=O)Nc2cc(Cl)ccc2C)cc1. The Hall–Kier alpha value is -3.24. The molecule has 4 nitrogen and oxygen atoms in total. The molecule has 0 unspecified atom stereocenters. The molecule has 0 fully saturated rings. The van der Waals surface area contributed by atoms with Crippen LogP contribution in [0.25, 0.3) is 10.9 Å². The van der Waals surface area contributed by atoms with Gasteiger partial charge in [-0.1, -0.05) is 65.7 Å². The number of para-hydroxylation sites is 1. The number of rotatable bonds is 2. The van der Waals surface area contributed by atoms with E-state index in [9.17, 15) is 4.79 Å². The van der Waals surface area contributed by atoms with Crippen LogP contribution in [-0.2, 0) is 6.42 Å². The molecule has 1 atom stereocenters. The molecule has 0 bridgehead atoms. The van der Waals surface area contributed by atoms with Crippen LogP contribution >= 0.6 is 11.6 Å². The van der Waals surface area contributed by atoms with E-state index < -0.39 is 0 Å². The van der Waals surface area contributed by atoms with Crippen LogP contribution in [0.1, 0.15) is 34.0 Å². The Bertz CT molecular complexity index is 1280. The third-order valence-corrected chi connectivity index (χ3v) is 6.36. The zero-order chi connectivity index (χ0) is 21.5. The molecule has 5 heteroatoms. The summed E-state index contributed by atoms with van der Waals surface area (Å²) >= 11 is 6.17. The fraction of sp³-hybridized carbons (Fsp3) is 0.192. The normalized spacial score (nSPS) is 15.7. The van der Waals surface area contributed by atoms with Gasteiger partial charge in [0.15, 0.2) is 0 Å². The van der Waals surface area contributed by atoms with E-state index in [1.807, 2.05) is 30.0 Å². The summed E-state index contributed by atoms with van der Waals surface area (Å²) in [6.07, 6.45) is 0.809. The molecule has 2 heterocycles. The number of benzene rings is 3. The summed E-state index contributed by atoms with van der Waals surface area (Å²) in [5, 5.41) is 4.93. The molecule has 156 valence electrons. The number of H-pyrrole nitrogens is 1. The Morgan fingerprint density at radius 1 is 1.06 bits per heavy atom. The Morgan fingerprint density at radius 2 is 1.84 bits per heavy atom. The number of hydrogen-bond donors (Lipinski definition) is 2. The van der Waals surface area contributed by atoms with E-state index in [4.69, 9.17) is 11.6 Å². The first-order chi connectivity index (χ1) is 15.0. The highest BCUT2D eigenvalue weighted by molar-refractivity contribution is 6.31. The molecular formula is C26H24ClN3O. The van der Waals surface area contributed by atoms with Crippen molar-refractivity contribution in [3.63, 3.8) is 0 Å². The minimum absolute atomic E-state index is 0.125. The average Bonchev–Trinajstić information content (AvgIpc) is 3.15. The van der Waals surface area contributed by atoms with Gasteiger partial charge in [0, 0.05) is 33.9 Å². The van der Waals surface area contributed by atoms with Crippen molar-refractivity contribution in [2.45, 2.75) is 26.3 Å². The van der Waals surface area contributed by atoms with Crippen molar-refractivity contribution in [3.05, 3.63) is 99.7 Å². The van der Waals surface area contributed by atoms with E-state index in [0.717, 1.165) is 34.4 Å². The molecule has 0 radical (unpaired) electrons. The van der Waals surface area contributed by atoms with E-state index in [-0.39, 0.29) is 12.1 Å². The van der Waals surface area contributed by atoms with E-state index in [1.165, 1.54) is 16.5 Å². The largest absolute Gasteiger partial charge is 0.356 e. The van der Waals surface area contributed by atoms with Crippen molar-refractivity contribution in [1.29, 1.82) is 0 Å². The van der Waals surface area contributed by atoms with Gasteiger partial charge in [0.2, 0.25) is 0 Å². The summed E-state index contributed by atoms with van der Waals surface area (Å²) in [5.74, 6) is 0. The standard InChI is InChI=1S/C26H24ClN3O/c1-16-7-10-18(11-8-16)25-24-21(20-5-3-4-6-22(20)28-24)13-14-30(25)26(31)29-23-15-19(27)12-9-17(23)2/h3-12,15,25,28H,13-14H2,1-2H3,(H,29,31)/t25-/m0/s1. The number of carbonyl (C=O) groups excluding carboxylic acids is 1. The lowest BCUT2D eigenvalue weighted by atomic mass is 9.92. The Balaban J connectivity index is 1.58. The van der Waals surface area contributed by atoms with Crippen molar-refractivity contribution in [3.8, 4) is 0 Å². The van der Waals surface area contributed by atoms with Crippen LogP contribution in [0.4, 0.5) is 10.5 Å². The highest BCUT2D eigenvalue weighted by Crippen LogP contribution is 2.39. The van der Waals surface area contributed by atoms with Gasteiger partial charge in [0.1, 0.15) is 0 Å². The maximum absolute atomic E-state index is 13.5. The molecule has 3 aromatic carbocycles. The summed E-state index contributed by atoms with van der Waals surface area (Å²) in [6.45, 7) is 4.68. The second-order valence-electron chi connectivity index (χ2n) is 8.21.